The number of ether oxygens (including phenoxy) is 1. The van der Waals surface area contributed by atoms with Crippen LogP contribution in [0.5, 0.6) is 5.75 Å². The Bertz CT molecular complexity index is 1230. The van der Waals surface area contributed by atoms with E-state index in [-0.39, 0.29) is 23.9 Å². The van der Waals surface area contributed by atoms with E-state index in [1.54, 1.807) is 0 Å². The molecule has 0 atom stereocenters. The molecule has 6 heteroatoms. The first-order valence-corrected chi connectivity index (χ1v) is 9.11. The molecule has 0 amide bonds. The summed E-state index contributed by atoms with van der Waals surface area (Å²) in [6.07, 6.45) is 0.301. The first kappa shape index (κ1) is 18.4. The van der Waals surface area contributed by atoms with Crippen LogP contribution < -0.4 is 10.3 Å². The summed E-state index contributed by atoms with van der Waals surface area (Å²) in [5.41, 5.74) is 0.770. The largest absolute Gasteiger partial charge is 0.481 e. The van der Waals surface area contributed by atoms with Crippen LogP contribution in [-0.4, -0.2) is 21.0 Å². The van der Waals surface area contributed by atoms with Crippen LogP contribution in [0.4, 0.5) is 0 Å². The maximum atomic E-state index is 12.6. The van der Waals surface area contributed by atoms with Gasteiger partial charge in [-0.15, -0.1) is 0 Å². The van der Waals surface area contributed by atoms with Gasteiger partial charge in [0.15, 0.2) is 5.69 Å². The summed E-state index contributed by atoms with van der Waals surface area (Å²) in [7, 11) is 0. The van der Waals surface area contributed by atoms with Gasteiger partial charge in [-0.05, 0) is 21.9 Å². The number of rotatable bonds is 6. The number of aromatic nitrogens is 2. The van der Waals surface area contributed by atoms with E-state index in [9.17, 15) is 14.7 Å². The van der Waals surface area contributed by atoms with Crippen LogP contribution in [0.3, 0.4) is 0 Å². The molecule has 4 aromatic rings. The summed E-state index contributed by atoms with van der Waals surface area (Å²) in [6, 6.07) is 22.9. The molecule has 0 fully saturated rings. The average Bonchev–Trinajstić information content (AvgIpc) is 2.73. The quantitative estimate of drug-likeness (QED) is 0.526. The normalized spacial score (nSPS) is 10.8. The first-order chi connectivity index (χ1) is 14.1. The molecule has 0 saturated heterocycles. The summed E-state index contributed by atoms with van der Waals surface area (Å²) >= 11 is 0. The van der Waals surface area contributed by atoms with Gasteiger partial charge in [-0.2, -0.15) is 0 Å². The van der Waals surface area contributed by atoms with Gasteiger partial charge in [-0.25, -0.2) is 9.78 Å². The maximum absolute atomic E-state index is 12.6. The van der Waals surface area contributed by atoms with Crippen molar-refractivity contribution in [3.63, 3.8) is 0 Å². The topological polar surface area (TPSA) is 92.3 Å². The third-order valence-corrected chi connectivity index (χ3v) is 4.59. The lowest BCUT2D eigenvalue weighted by Gasteiger charge is -2.10. The SMILES string of the molecule is O=C(O)c1nc(Cc2cccc3ccccc23)[nH]c(=O)c1OCc1ccccc1. The average molecular weight is 386 g/mol. The minimum Gasteiger partial charge on any atom is -0.481 e. The van der Waals surface area contributed by atoms with Crippen LogP contribution >= 0.6 is 0 Å². The van der Waals surface area contributed by atoms with E-state index in [0.717, 1.165) is 21.9 Å². The lowest BCUT2D eigenvalue weighted by Crippen LogP contribution is -2.21. The van der Waals surface area contributed by atoms with E-state index in [1.807, 2.05) is 72.8 Å². The number of aromatic carboxylic acids is 1. The Balaban J connectivity index is 1.67. The van der Waals surface area contributed by atoms with E-state index < -0.39 is 11.5 Å². The van der Waals surface area contributed by atoms with Gasteiger partial charge in [-0.3, -0.25) is 4.79 Å². The van der Waals surface area contributed by atoms with Gasteiger partial charge in [-0.1, -0.05) is 72.8 Å². The zero-order valence-electron chi connectivity index (χ0n) is 15.5. The Kier molecular flexibility index (Phi) is 5.07. The van der Waals surface area contributed by atoms with E-state index in [2.05, 4.69) is 9.97 Å². The number of carboxylic acids is 1. The minimum absolute atomic E-state index is 0.0779. The fraction of sp³-hybridized carbons (Fsp3) is 0.0870. The summed E-state index contributed by atoms with van der Waals surface area (Å²) in [4.78, 5) is 31.1. The highest BCUT2D eigenvalue weighted by molar-refractivity contribution is 5.88. The van der Waals surface area contributed by atoms with Gasteiger partial charge in [0.2, 0.25) is 5.75 Å². The molecule has 0 aliphatic heterocycles. The van der Waals surface area contributed by atoms with Gasteiger partial charge < -0.3 is 14.8 Å². The number of nitrogens with one attached hydrogen (secondary N) is 1. The number of fused-ring (bicyclic) bond motifs is 1. The maximum Gasteiger partial charge on any atom is 0.358 e. The molecule has 0 aliphatic carbocycles. The van der Waals surface area contributed by atoms with E-state index in [0.29, 0.717) is 6.42 Å². The number of nitrogens with zero attached hydrogens (tertiary/aromatic N) is 1. The van der Waals surface area contributed by atoms with Crippen LogP contribution in [0.15, 0.2) is 77.6 Å². The third-order valence-electron chi connectivity index (χ3n) is 4.59. The smallest absolute Gasteiger partial charge is 0.358 e. The summed E-state index contributed by atoms with van der Waals surface area (Å²) in [6.45, 7) is 0.0779. The molecule has 3 aromatic carbocycles. The van der Waals surface area contributed by atoms with Crippen LogP contribution in [0, 0.1) is 0 Å². The monoisotopic (exact) mass is 386 g/mol. The number of hydrogen-bond acceptors (Lipinski definition) is 4. The van der Waals surface area contributed by atoms with Gasteiger partial charge in [0.1, 0.15) is 12.4 Å². The van der Waals surface area contributed by atoms with Crippen molar-refractivity contribution in [1.29, 1.82) is 0 Å². The molecule has 0 aliphatic rings. The van der Waals surface area contributed by atoms with Crippen molar-refractivity contribution in [1.82, 2.24) is 9.97 Å². The zero-order valence-corrected chi connectivity index (χ0v) is 15.5. The number of benzene rings is 3. The summed E-state index contributed by atoms with van der Waals surface area (Å²) < 4.78 is 5.50. The molecule has 144 valence electrons. The van der Waals surface area contributed by atoms with Crippen molar-refractivity contribution in [3.05, 3.63) is 106 Å². The van der Waals surface area contributed by atoms with Crippen LogP contribution in [0.2, 0.25) is 0 Å². The first-order valence-electron chi connectivity index (χ1n) is 9.11. The molecule has 2 N–H and O–H groups in total. The summed E-state index contributed by atoms with van der Waals surface area (Å²) in [5.74, 6) is -1.32. The Morgan fingerprint density at radius 3 is 2.48 bits per heavy atom. The van der Waals surface area contributed by atoms with Crippen molar-refractivity contribution < 1.29 is 14.6 Å². The molecule has 1 aromatic heterocycles. The summed E-state index contributed by atoms with van der Waals surface area (Å²) in [5, 5.41) is 11.6. The minimum atomic E-state index is -1.31. The molecule has 0 saturated carbocycles. The Morgan fingerprint density at radius 2 is 1.69 bits per heavy atom. The lowest BCUT2D eigenvalue weighted by molar-refractivity contribution is 0.0683. The Labute approximate surface area is 166 Å². The van der Waals surface area contributed by atoms with Crippen LogP contribution in [0.25, 0.3) is 10.8 Å². The molecular formula is C23H18N2O4. The Hall–Kier alpha value is -3.93. The molecule has 0 radical (unpaired) electrons. The van der Waals surface area contributed by atoms with E-state index in [1.165, 1.54) is 0 Å². The molecule has 0 bridgehead atoms. The number of H-pyrrole nitrogens is 1. The predicted molar refractivity (Wildman–Crippen MR) is 109 cm³/mol. The van der Waals surface area contributed by atoms with E-state index in [4.69, 9.17) is 4.74 Å². The molecule has 4 rings (SSSR count). The third kappa shape index (κ3) is 4.01. The highest BCUT2D eigenvalue weighted by Crippen LogP contribution is 2.21. The van der Waals surface area contributed by atoms with Gasteiger partial charge in [0.05, 0.1) is 0 Å². The van der Waals surface area contributed by atoms with Crippen molar-refractivity contribution in [2.75, 3.05) is 0 Å². The lowest BCUT2D eigenvalue weighted by atomic mass is 10.0. The highest BCUT2D eigenvalue weighted by Gasteiger charge is 2.20. The van der Waals surface area contributed by atoms with Crippen molar-refractivity contribution in [3.8, 4) is 5.75 Å². The van der Waals surface area contributed by atoms with Crippen LogP contribution in [0.1, 0.15) is 27.4 Å². The second kappa shape index (κ2) is 7.98. The number of aromatic amines is 1. The fourth-order valence-corrected chi connectivity index (χ4v) is 3.23. The number of hydrogen-bond donors (Lipinski definition) is 2. The molecule has 0 unspecified atom stereocenters. The van der Waals surface area contributed by atoms with Crippen molar-refractivity contribution in [2.45, 2.75) is 13.0 Å². The van der Waals surface area contributed by atoms with Gasteiger partial charge in [0, 0.05) is 6.42 Å². The van der Waals surface area contributed by atoms with Gasteiger partial charge >= 0.3 is 5.97 Å². The van der Waals surface area contributed by atoms with Crippen LogP contribution in [-0.2, 0) is 13.0 Å². The number of carboxylic acid groups (broad SMARTS) is 1. The molecule has 29 heavy (non-hydrogen) atoms. The second-order valence-corrected chi connectivity index (χ2v) is 6.58. The zero-order chi connectivity index (χ0) is 20.2. The molecule has 0 spiro atoms. The Morgan fingerprint density at radius 1 is 0.966 bits per heavy atom. The highest BCUT2D eigenvalue weighted by atomic mass is 16.5. The number of carbonyl (C=O) groups is 1. The molecule has 6 nitrogen and oxygen atoms in total. The van der Waals surface area contributed by atoms with Crippen molar-refractivity contribution >= 4 is 16.7 Å². The standard InChI is InChI=1S/C23H18N2O4/c26-22-21(29-14-15-7-2-1-3-8-15)20(23(27)28)24-19(25-22)13-17-11-6-10-16-9-4-5-12-18(16)17/h1-12H,13-14H2,(H,27,28)(H,24,25,26). The fourth-order valence-electron chi connectivity index (χ4n) is 3.23. The molecular weight excluding hydrogens is 368 g/mol. The van der Waals surface area contributed by atoms with E-state index >= 15 is 0 Å². The van der Waals surface area contributed by atoms with Crippen molar-refractivity contribution in [2.24, 2.45) is 0 Å². The predicted octanol–water partition coefficient (Wildman–Crippen LogP) is 3.79. The second-order valence-electron chi connectivity index (χ2n) is 6.58. The molecule has 1 heterocycles. The van der Waals surface area contributed by atoms with Gasteiger partial charge in [0.25, 0.3) is 5.56 Å².